The molecule has 2 fully saturated rings. The van der Waals surface area contributed by atoms with Crippen LogP contribution in [0.2, 0.25) is 22.2 Å². The topological polar surface area (TPSA) is 144 Å². The van der Waals surface area contributed by atoms with Crippen LogP contribution in [-0.2, 0) is 36.8 Å². The first-order valence-electron chi connectivity index (χ1n) is 15.5. The number of H-pyrrole nitrogens is 1. The van der Waals surface area contributed by atoms with Crippen LogP contribution in [0, 0.1) is 11.8 Å². The van der Waals surface area contributed by atoms with Crippen molar-refractivity contribution < 1.29 is 36.8 Å². The van der Waals surface area contributed by atoms with Crippen LogP contribution in [-0.4, -0.2) is 70.1 Å². The second-order valence-corrected chi connectivity index (χ2v) is 21.7. The van der Waals surface area contributed by atoms with E-state index in [0.29, 0.717) is 5.56 Å². The Hall–Kier alpha value is -3.33. The third kappa shape index (κ3) is 6.44. The molecule has 4 rings (SSSR count). The SMILES string of the molecule is COC(=O)C(=O)O[C@@]1(C#Cc2ccccc2)[C@@H]2O[Si](C(C)C)(C(C)C)O[Si](C(C)C)(C(C)C)OC[C@H]2O[C@H]1n1ccc(=O)[nH]c1=O. The first kappa shape index (κ1) is 35.5. The van der Waals surface area contributed by atoms with E-state index >= 15 is 0 Å². The van der Waals surface area contributed by atoms with E-state index in [1.165, 1.54) is 6.20 Å². The number of aromatic amines is 1. The number of esters is 2. The Bertz CT molecular complexity index is 1580. The number of carbonyl (C=O) groups excluding carboxylic acids is 2. The van der Waals surface area contributed by atoms with Crippen LogP contribution in [0.4, 0.5) is 0 Å². The van der Waals surface area contributed by atoms with E-state index in [2.05, 4.69) is 44.5 Å². The Kier molecular flexibility index (Phi) is 10.7. The quantitative estimate of drug-likeness (QED) is 0.208. The van der Waals surface area contributed by atoms with Crippen LogP contribution >= 0.6 is 0 Å². The molecule has 14 heteroatoms. The first-order chi connectivity index (χ1) is 21.6. The van der Waals surface area contributed by atoms with Crippen LogP contribution in [0.15, 0.2) is 52.2 Å². The summed E-state index contributed by atoms with van der Waals surface area (Å²) >= 11 is 0. The van der Waals surface area contributed by atoms with Gasteiger partial charge in [0.25, 0.3) is 5.56 Å². The number of nitrogens with one attached hydrogen (secondary N) is 1. The number of methoxy groups -OCH3 is 1. The molecule has 0 unspecified atom stereocenters. The summed E-state index contributed by atoms with van der Waals surface area (Å²) in [4.78, 5) is 53.5. The number of rotatable bonds is 6. The van der Waals surface area contributed by atoms with Crippen LogP contribution < -0.4 is 11.2 Å². The molecular weight excluding hydrogens is 629 g/mol. The predicted octanol–water partition coefficient (Wildman–Crippen LogP) is 3.90. The highest BCUT2D eigenvalue weighted by molar-refractivity contribution is 6.84. The van der Waals surface area contributed by atoms with Gasteiger partial charge < -0.3 is 27.2 Å². The van der Waals surface area contributed by atoms with Gasteiger partial charge in [-0.1, -0.05) is 79.5 Å². The highest BCUT2D eigenvalue weighted by Crippen LogP contribution is 2.51. The maximum absolute atomic E-state index is 13.3. The molecule has 1 aromatic carbocycles. The number of benzene rings is 1. The largest absolute Gasteiger partial charge is 0.461 e. The lowest BCUT2D eigenvalue weighted by Crippen LogP contribution is -2.67. The number of ether oxygens (including phenoxy) is 3. The highest BCUT2D eigenvalue weighted by atomic mass is 28.5. The molecule has 0 amide bonds. The summed E-state index contributed by atoms with van der Waals surface area (Å²) in [5.74, 6) is 3.46. The second-order valence-electron chi connectivity index (χ2n) is 12.8. The minimum atomic E-state index is -3.37. The summed E-state index contributed by atoms with van der Waals surface area (Å²) in [6.45, 7) is 16.4. The molecule has 0 spiro atoms. The molecule has 1 aromatic heterocycles. The van der Waals surface area contributed by atoms with Crippen molar-refractivity contribution in [2.75, 3.05) is 13.7 Å². The van der Waals surface area contributed by atoms with Crippen molar-refractivity contribution in [2.24, 2.45) is 0 Å². The molecule has 4 atom stereocenters. The summed E-state index contributed by atoms with van der Waals surface area (Å²) in [7, 11) is -5.33. The summed E-state index contributed by atoms with van der Waals surface area (Å²) in [6.07, 6.45) is -2.37. The fraction of sp³-hybridized carbons (Fsp3) is 0.562. The zero-order valence-electron chi connectivity index (χ0n) is 27.8. The van der Waals surface area contributed by atoms with Gasteiger partial charge in [-0.15, -0.1) is 0 Å². The smallest absolute Gasteiger partial charge is 0.419 e. The van der Waals surface area contributed by atoms with Gasteiger partial charge in [-0.2, -0.15) is 0 Å². The highest BCUT2D eigenvalue weighted by Gasteiger charge is 2.68. The number of nitrogens with zero attached hydrogens (tertiary/aromatic N) is 1. The maximum Gasteiger partial charge on any atom is 0.419 e. The van der Waals surface area contributed by atoms with Gasteiger partial charge in [0.05, 0.1) is 13.7 Å². The van der Waals surface area contributed by atoms with Gasteiger partial charge in [0.1, 0.15) is 12.2 Å². The van der Waals surface area contributed by atoms with Crippen molar-refractivity contribution in [2.45, 2.75) is 102 Å². The molecule has 0 saturated carbocycles. The first-order valence-corrected chi connectivity index (χ1v) is 19.5. The Labute approximate surface area is 271 Å². The third-order valence-corrected chi connectivity index (χ3v) is 18.9. The lowest BCUT2D eigenvalue weighted by atomic mass is 9.93. The molecule has 250 valence electrons. The zero-order valence-corrected chi connectivity index (χ0v) is 29.8. The van der Waals surface area contributed by atoms with E-state index in [1.54, 1.807) is 24.3 Å². The molecule has 46 heavy (non-hydrogen) atoms. The van der Waals surface area contributed by atoms with Crippen molar-refractivity contribution in [3.63, 3.8) is 0 Å². The zero-order chi connectivity index (χ0) is 34.0. The second kappa shape index (κ2) is 13.8. The average molecular weight is 673 g/mol. The number of hydrogen-bond acceptors (Lipinski definition) is 10. The molecule has 2 aliphatic rings. The summed E-state index contributed by atoms with van der Waals surface area (Å²) in [5.41, 5.74) is -3.19. The average Bonchev–Trinajstić information content (AvgIpc) is 3.26. The predicted molar refractivity (Wildman–Crippen MR) is 173 cm³/mol. The van der Waals surface area contributed by atoms with Gasteiger partial charge in [0.2, 0.25) is 5.60 Å². The number of hydrogen-bond donors (Lipinski definition) is 1. The molecule has 0 radical (unpaired) electrons. The molecule has 0 aliphatic carbocycles. The van der Waals surface area contributed by atoms with E-state index in [0.717, 1.165) is 17.7 Å². The van der Waals surface area contributed by atoms with Crippen LogP contribution in [0.3, 0.4) is 0 Å². The van der Waals surface area contributed by atoms with E-state index in [4.69, 9.17) is 27.2 Å². The van der Waals surface area contributed by atoms with E-state index in [1.807, 2.05) is 33.8 Å². The van der Waals surface area contributed by atoms with Gasteiger partial charge in [0, 0.05) is 17.8 Å². The van der Waals surface area contributed by atoms with Gasteiger partial charge in [-0.05, 0) is 40.2 Å². The third-order valence-electron chi connectivity index (χ3n) is 8.65. The van der Waals surface area contributed by atoms with Gasteiger partial charge >= 0.3 is 34.8 Å². The Morgan fingerprint density at radius 1 is 0.935 bits per heavy atom. The number of fused-ring (bicyclic) bond motifs is 1. The van der Waals surface area contributed by atoms with E-state index < -0.39 is 64.3 Å². The minimum Gasteiger partial charge on any atom is -0.461 e. The Morgan fingerprint density at radius 2 is 1.54 bits per heavy atom. The lowest BCUT2D eigenvalue weighted by Gasteiger charge is -2.52. The van der Waals surface area contributed by atoms with Crippen molar-refractivity contribution in [1.29, 1.82) is 0 Å². The van der Waals surface area contributed by atoms with Crippen molar-refractivity contribution in [3.05, 3.63) is 69.0 Å². The maximum atomic E-state index is 13.3. The van der Waals surface area contributed by atoms with E-state index in [9.17, 15) is 19.2 Å². The van der Waals surface area contributed by atoms with Crippen LogP contribution in [0.5, 0.6) is 0 Å². The van der Waals surface area contributed by atoms with Crippen LogP contribution in [0.1, 0.15) is 67.2 Å². The molecule has 3 heterocycles. The van der Waals surface area contributed by atoms with Crippen molar-refractivity contribution in [3.8, 4) is 11.8 Å². The standard InChI is InChI=1S/C32H44N2O10Si2/c1-20(2)45(21(3)4)40-19-25-27(43-46(44-45,22(5)6)23(7)8)32(42-29(37)28(36)39-9,17-15-24-13-11-10-12-14-24)30(41-25)34-18-16-26(35)33-31(34)38/h10-14,16,18,20-23,25,27,30H,19H2,1-9H3,(H,33,35,38)/t25-,27-,30-,32+/m1/s1. The molecular formula is C32H44N2O10Si2. The van der Waals surface area contributed by atoms with Crippen molar-refractivity contribution >= 4 is 29.1 Å². The summed E-state index contributed by atoms with van der Waals surface area (Å²) in [5, 5.41) is 0. The van der Waals surface area contributed by atoms with Gasteiger partial charge in [-0.25, -0.2) is 14.4 Å². The summed E-state index contributed by atoms with van der Waals surface area (Å²) < 4.78 is 39.8. The minimum absolute atomic E-state index is 0.0347. The Balaban J connectivity index is 2.06. The fourth-order valence-corrected chi connectivity index (χ4v) is 17.5. The monoisotopic (exact) mass is 672 g/mol. The Morgan fingerprint density at radius 3 is 2.09 bits per heavy atom. The molecule has 2 aliphatic heterocycles. The molecule has 12 nitrogen and oxygen atoms in total. The molecule has 0 bridgehead atoms. The van der Waals surface area contributed by atoms with Crippen molar-refractivity contribution in [1.82, 2.24) is 9.55 Å². The molecule has 2 saturated heterocycles. The summed E-state index contributed by atoms with van der Waals surface area (Å²) in [6, 6.07) is 10.1. The number of carbonyl (C=O) groups is 2. The molecule has 2 aromatic rings. The fourth-order valence-electron chi connectivity index (χ4n) is 6.29. The molecule has 1 N–H and O–H groups in total. The number of aromatic nitrogens is 2. The van der Waals surface area contributed by atoms with Crippen LogP contribution in [0.25, 0.3) is 0 Å². The normalized spacial score (nSPS) is 25.4. The lowest BCUT2D eigenvalue weighted by molar-refractivity contribution is -0.182. The van der Waals surface area contributed by atoms with Gasteiger partial charge in [-0.3, -0.25) is 14.3 Å². The van der Waals surface area contributed by atoms with Gasteiger partial charge in [0.15, 0.2) is 6.23 Å². The van der Waals surface area contributed by atoms with E-state index in [-0.39, 0.29) is 28.8 Å².